The molecule has 1 unspecified atom stereocenters. The van der Waals surface area contributed by atoms with Crippen molar-refractivity contribution in [3.63, 3.8) is 0 Å². The first-order valence-electron chi connectivity index (χ1n) is 7.38. The van der Waals surface area contributed by atoms with E-state index < -0.39 is 0 Å². The SMILES string of the molecule is CCCNCC(CCC(C)(C)C)c1ccc(Cl)cc1. The van der Waals surface area contributed by atoms with E-state index in [1.165, 1.54) is 24.8 Å². The fraction of sp³-hybridized carbons (Fsp3) is 0.647. The van der Waals surface area contributed by atoms with E-state index in [0.29, 0.717) is 11.3 Å². The molecule has 2 heteroatoms. The maximum absolute atomic E-state index is 5.98. The molecule has 0 aliphatic carbocycles. The first-order chi connectivity index (χ1) is 8.92. The number of nitrogens with one attached hydrogen (secondary N) is 1. The minimum absolute atomic E-state index is 0.398. The van der Waals surface area contributed by atoms with Crippen LogP contribution in [0.25, 0.3) is 0 Å². The molecule has 108 valence electrons. The van der Waals surface area contributed by atoms with E-state index in [1.807, 2.05) is 12.1 Å². The molecule has 0 heterocycles. The predicted octanol–water partition coefficient (Wildman–Crippen LogP) is 5.25. The molecular weight excluding hydrogens is 254 g/mol. The molecule has 0 aliphatic rings. The minimum atomic E-state index is 0.398. The normalized spacial score (nSPS) is 13.5. The van der Waals surface area contributed by atoms with Gasteiger partial charge in [-0.1, -0.05) is 51.4 Å². The van der Waals surface area contributed by atoms with Crippen LogP contribution in [0, 0.1) is 5.41 Å². The van der Waals surface area contributed by atoms with Crippen LogP contribution in [0.4, 0.5) is 0 Å². The van der Waals surface area contributed by atoms with Gasteiger partial charge < -0.3 is 5.32 Å². The second kappa shape index (κ2) is 7.91. The summed E-state index contributed by atoms with van der Waals surface area (Å²) in [4.78, 5) is 0. The highest BCUT2D eigenvalue weighted by Crippen LogP contribution is 2.29. The molecule has 0 radical (unpaired) electrons. The van der Waals surface area contributed by atoms with Crippen molar-refractivity contribution in [1.29, 1.82) is 0 Å². The third-order valence-corrected chi connectivity index (χ3v) is 3.65. The first-order valence-corrected chi connectivity index (χ1v) is 7.76. The molecule has 0 saturated carbocycles. The lowest BCUT2D eigenvalue weighted by molar-refractivity contribution is 0.344. The van der Waals surface area contributed by atoms with E-state index in [4.69, 9.17) is 11.6 Å². The molecule has 0 aromatic heterocycles. The maximum Gasteiger partial charge on any atom is 0.0406 e. The zero-order valence-electron chi connectivity index (χ0n) is 12.8. The number of benzene rings is 1. The van der Waals surface area contributed by atoms with Gasteiger partial charge in [0, 0.05) is 11.6 Å². The number of rotatable bonds is 7. The first kappa shape index (κ1) is 16.5. The Morgan fingerprint density at radius 2 is 1.79 bits per heavy atom. The third-order valence-electron chi connectivity index (χ3n) is 3.40. The second-order valence-electron chi connectivity index (χ2n) is 6.55. The van der Waals surface area contributed by atoms with Gasteiger partial charge in [-0.3, -0.25) is 0 Å². The fourth-order valence-electron chi connectivity index (χ4n) is 2.18. The van der Waals surface area contributed by atoms with Crippen LogP contribution in [0.5, 0.6) is 0 Å². The minimum Gasteiger partial charge on any atom is -0.316 e. The van der Waals surface area contributed by atoms with Gasteiger partial charge in [0.1, 0.15) is 0 Å². The Hall–Kier alpha value is -0.530. The smallest absolute Gasteiger partial charge is 0.0406 e. The molecule has 0 amide bonds. The molecule has 0 saturated heterocycles. The molecule has 0 spiro atoms. The van der Waals surface area contributed by atoms with Gasteiger partial charge in [-0.05, 0) is 54.8 Å². The molecule has 1 nitrogen and oxygen atoms in total. The van der Waals surface area contributed by atoms with Gasteiger partial charge in [-0.25, -0.2) is 0 Å². The average molecular weight is 282 g/mol. The molecule has 1 aromatic rings. The van der Waals surface area contributed by atoms with Gasteiger partial charge in [-0.15, -0.1) is 0 Å². The maximum atomic E-state index is 5.98. The van der Waals surface area contributed by atoms with Crippen molar-refractivity contribution >= 4 is 11.6 Å². The summed E-state index contributed by atoms with van der Waals surface area (Å²) >= 11 is 5.98. The highest BCUT2D eigenvalue weighted by molar-refractivity contribution is 6.30. The Morgan fingerprint density at radius 1 is 1.16 bits per heavy atom. The van der Waals surface area contributed by atoms with Crippen molar-refractivity contribution < 1.29 is 0 Å². The van der Waals surface area contributed by atoms with Crippen molar-refractivity contribution in [3.8, 4) is 0 Å². The van der Waals surface area contributed by atoms with Crippen LogP contribution in [-0.4, -0.2) is 13.1 Å². The van der Waals surface area contributed by atoms with Crippen LogP contribution >= 0.6 is 11.6 Å². The lowest BCUT2D eigenvalue weighted by atomic mass is 9.84. The Bertz CT molecular complexity index is 351. The Balaban J connectivity index is 2.65. The molecule has 1 N–H and O–H groups in total. The van der Waals surface area contributed by atoms with Gasteiger partial charge in [0.25, 0.3) is 0 Å². The van der Waals surface area contributed by atoms with Crippen LogP contribution < -0.4 is 5.32 Å². The standard InChI is InChI=1S/C17H28ClN/c1-5-12-19-13-15(10-11-17(2,3)4)14-6-8-16(18)9-7-14/h6-9,15,19H,5,10-13H2,1-4H3. The summed E-state index contributed by atoms with van der Waals surface area (Å²) in [6.07, 6.45) is 3.66. The molecule has 1 rings (SSSR count). The van der Waals surface area contributed by atoms with E-state index in [9.17, 15) is 0 Å². The summed E-state index contributed by atoms with van der Waals surface area (Å²) in [5.74, 6) is 0.586. The van der Waals surface area contributed by atoms with Crippen LogP contribution in [0.15, 0.2) is 24.3 Å². The van der Waals surface area contributed by atoms with Crippen LogP contribution in [0.3, 0.4) is 0 Å². The molecule has 0 bridgehead atoms. The topological polar surface area (TPSA) is 12.0 Å². The molecule has 1 aromatic carbocycles. The van der Waals surface area contributed by atoms with Crippen LogP contribution in [0.2, 0.25) is 5.02 Å². The monoisotopic (exact) mass is 281 g/mol. The quantitative estimate of drug-likeness (QED) is 0.673. The van der Waals surface area contributed by atoms with Gasteiger partial charge in [0.05, 0.1) is 0 Å². The Labute approximate surface area is 123 Å². The van der Waals surface area contributed by atoms with E-state index >= 15 is 0 Å². The van der Waals surface area contributed by atoms with Crippen LogP contribution in [0.1, 0.15) is 58.4 Å². The molecule has 0 aliphatic heterocycles. The van der Waals surface area contributed by atoms with E-state index in [1.54, 1.807) is 0 Å². The zero-order valence-corrected chi connectivity index (χ0v) is 13.6. The summed E-state index contributed by atoms with van der Waals surface area (Å²) in [6, 6.07) is 8.34. The van der Waals surface area contributed by atoms with Crippen molar-refractivity contribution in [2.45, 2.75) is 52.9 Å². The van der Waals surface area contributed by atoms with Gasteiger partial charge in [-0.2, -0.15) is 0 Å². The van der Waals surface area contributed by atoms with Gasteiger partial charge in [0.2, 0.25) is 0 Å². The highest BCUT2D eigenvalue weighted by atomic mass is 35.5. The molecular formula is C17H28ClN. The van der Waals surface area contributed by atoms with Crippen molar-refractivity contribution in [3.05, 3.63) is 34.9 Å². The van der Waals surface area contributed by atoms with Gasteiger partial charge in [0.15, 0.2) is 0 Å². The second-order valence-corrected chi connectivity index (χ2v) is 6.99. The lowest BCUT2D eigenvalue weighted by Crippen LogP contribution is -2.23. The average Bonchev–Trinajstić information content (AvgIpc) is 2.34. The van der Waals surface area contributed by atoms with E-state index in [-0.39, 0.29) is 0 Å². The predicted molar refractivity (Wildman–Crippen MR) is 86.0 cm³/mol. The molecule has 19 heavy (non-hydrogen) atoms. The summed E-state index contributed by atoms with van der Waals surface area (Å²) in [6.45, 7) is 11.3. The van der Waals surface area contributed by atoms with Crippen molar-refractivity contribution in [2.75, 3.05) is 13.1 Å². The number of hydrogen-bond donors (Lipinski definition) is 1. The number of hydrogen-bond acceptors (Lipinski definition) is 1. The summed E-state index contributed by atoms with van der Waals surface area (Å²) in [7, 11) is 0. The Kier molecular flexibility index (Phi) is 6.88. The molecule has 0 fully saturated rings. The molecule has 1 atom stereocenters. The fourth-order valence-corrected chi connectivity index (χ4v) is 2.31. The van der Waals surface area contributed by atoms with Gasteiger partial charge >= 0.3 is 0 Å². The Morgan fingerprint density at radius 3 is 2.32 bits per heavy atom. The highest BCUT2D eigenvalue weighted by Gasteiger charge is 2.16. The summed E-state index contributed by atoms with van der Waals surface area (Å²) in [5, 5.41) is 4.37. The lowest BCUT2D eigenvalue weighted by Gasteiger charge is -2.24. The largest absolute Gasteiger partial charge is 0.316 e. The van der Waals surface area contributed by atoms with E-state index in [0.717, 1.165) is 18.1 Å². The van der Waals surface area contributed by atoms with Crippen molar-refractivity contribution in [2.24, 2.45) is 5.41 Å². The van der Waals surface area contributed by atoms with E-state index in [2.05, 4.69) is 45.1 Å². The zero-order chi connectivity index (χ0) is 14.3. The third kappa shape index (κ3) is 6.98. The number of halogens is 1. The van der Waals surface area contributed by atoms with Crippen molar-refractivity contribution in [1.82, 2.24) is 5.32 Å². The summed E-state index contributed by atoms with van der Waals surface area (Å²) in [5.41, 5.74) is 1.80. The summed E-state index contributed by atoms with van der Waals surface area (Å²) < 4.78 is 0. The van der Waals surface area contributed by atoms with Crippen LogP contribution in [-0.2, 0) is 0 Å².